The summed E-state index contributed by atoms with van der Waals surface area (Å²) in [5.74, 6) is -0.0615. The lowest BCUT2D eigenvalue weighted by atomic mass is 10.0. The lowest BCUT2D eigenvalue weighted by Gasteiger charge is -2.20. The van der Waals surface area contributed by atoms with Gasteiger partial charge < -0.3 is 15.5 Å². The first-order valence-electron chi connectivity index (χ1n) is 26.7. The summed E-state index contributed by atoms with van der Waals surface area (Å²) < 4.78 is 0. The first-order chi connectivity index (χ1) is 29.2. The van der Waals surface area contributed by atoms with Crippen molar-refractivity contribution >= 4 is 5.91 Å². The van der Waals surface area contributed by atoms with Crippen LogP contribution in [0.4, 0.5) is 0 Å². The fourth-order valence-corrected chi connectivity index (χ4v) is 8.27. The van der Waals surface area contributed by atoms with Gasteiger partial charge in [0.05, 0.1) is 18.8 Å². The summed E-state index contributed by atoms with van der Waals surface area (Å²) in [7, 11) is 0. The van der Waals surface area contributed by atoms with E-state index in [1.165, 1.54) is 238 Å². The molecule has 59 heavy (non-hydrogen) atoms. The minimum absolute atomic E-state index is 0.0615. The highest BCUT2D eigenvalue weighted by Gasteiger charge is 2.18. The zero-order valence-corrected chi connectivity index (χ0v) is 40.0. The van der Waals surface area contributed by atoms with Crippen LogP contribution in [-0.2, 0) is 4.79 Å². The maximum atomic E-state index is 12.4. The molecule has 0 rings (SSSR count). The van der Waals surface area contributed by atoms with Crippen molar-refractivity contribution in [1.82, 2.24) is 5.32 Å². The van der Waals surface area contributed by atoms with Crippen molar-refractivity contribution in [3.05, 3.63) is 36.5 Å². The molecule has 0 aliphatic rings. The van der Waals surface area contributed by atoms with Gasteiger partial charge in [0.15, 0.2) is 0 Å². The standard InChI is InChI=1S/C55H105NO3/c1-3-5-7-9-11-13-15-16-17-18-19-20-21-22-23-24-25-26-27-28-29-30-31-32-33-34-35-36-37-38-39-40-41-43-45-47-49-51-55(59)56-53(52-57)54(58)50-48-46-44-42-14-12-10-8-6-4-2/h15-16,18-19,48,50,53-54,57-58H,3-14,17,20-47,49,51-52H2,1-2H3,(H,56,59)/b16-15-,19-18-,50-48+. The minimum Gasteiger partial charge on any atom is -0.394 e. The average molecular weight is 828 g/mol. The van der Waals surface area contributed by atoms with Gasteiger partial charge in [0.1, 0.15) is 0 Å². The van der Waals surface area contributed by atoms with E-state index < -0.39 is 12.1 Å². The van der Waals surface area contributed by atoms with E-state index in [1.54, 1.807) is 6.08 Å². The van der Waals surface area contributed by atoms with E-state index in [0.717, 1.165) is 32.1 Å². The van der Waals surface area contributed by atoms with Crippen LogP contribution in [0.5, 0.6) is 0 Å². The Morgan fingerprint density at radius 2 is 0.695 bits per heavy atom. The Morgan fingerprint density at radius 3 is 1.02 bits per heavy atom. The van der Waals surface area contributed by atoms with Crippen molar-refractivity contribution in [2.75, 3.05) is 6.61 Å². The van der Waals surface area contributed by atoms with Gasteiger partial charge in [0.25, 0.3) is 0 Å². The van der Waals surface area contributed by atoms with Crippen LogP contribution in [0.25, 0.3) is 0 Å². The highest BCUT2D eigenvalue weighted by molar-refractivity contribution is 5.76. The Bertz CT molecular complexity index is 897. The summed E-state index contributed by atoms with van der Waals surface area (Å²) in [6, 6.07) is -0.617. The van der Waals surface area contributed by atoms with Crippen LogP contribution in [0.3, 0.4) is 0 Å². The number of hydrogen-bond donors (Lipinski definition) is 3. The lowest BCUT2D eigenvalue weighted by molar-refractivity contribution is -0.123. The maximum absolute atomic E-state index is 12.4. The summed E-state index contributed by atoms with van der Waals surface area (Å²) in [6.07, 6.45) is 68.9. The third kappa shape index (κ3) is 47.5. The summed E-state index contributed by atoms with van der Waals surface area (Å²) >= 11 is 0. The highest BCUT2D eigenvalue weighted by atomic mass is 16.3. The predicted octanol–water partition coefficient (Wildman–Crippen LogP) is 17.3. The van der Waals surface area contributed by atoms with Gasteiger partial charge >= 0.3 is 0 Å². The highest BCUT2D eigenvalue weighted by Crippen LogP contribution is 2.17. The van der Waals surface area contributed by atoms with Gasteiger partial charge in [-0.05, 0) is 51.4 Å². The molecule has 1 amide bonds. The van der Waals surface area contributed by atoms with E-state index in [9.17, 15) is 15.0 Å². The Hall–Kier alpha value is -1.39. The third-order valence-electron chi connectivity index (χ3n) is 12.4. The molecule has 0 aliphatic carbocycles. The van der Waals surface area contributed by atoms with Crippen molar-refractivity contribution < 1.29 is 15.0 Å². The van der Waals surface area contributed by atoms with Gasteiger partial charge in [0.2, 0.25) is 5.91 Å². The van der Waals surface area contributed by atoms with Crippen molar-refractivity contribution in [2.45, 2.75) is 302 Å². The van der Waals surface area contributed by atoms with Gasteiger partial charge in [-0.25, -0.2) is 0 Å². The molecule has 0 aromatic carbocycles. The molecule has 0 fully saturated rings. The number of allylic oxidation sites excluding steroid dienone is 5. The van der Waals surface area contributed by atoms with Crippen LogP contribution < -0.4 is 5.32 Å². The fourth-order valence-electron chi connectivity index (χ4n) is 8.27. The van der Waals surface area contributed by atoms with E-state index in [2.05, 4.69) is 43.5 Å². The first kappa shape index (κ1) is 57.6. The van der Waals surface area contributed by atoms with Crippen molar-refractivity contribution in [2.24, 2.45) is 0 Å². The molecule has 0 aliphatic heterocycles. The van der Waals surface area contributed by atoms with E-state index in [4.69, 9.17) is 0 Å². The molecule has 4 nitrogen and oxygen atoms in total. The Kier molecular flexibility index (Phi) is 49.8. The molecule has 0 heterocycles. The number of aliphatic hydroxyl groups excluding tert-OH is 2. The second-order valence-corrected chi connectivity index (χ2v) is 18.3. The summed E-state index contributed by atoms with van der Waals surface area (Å²) in [5, 5.41) is 23.0. The van der Waals surface area contributed by atoms with Crippen molar-refractivity contribution in [3.63, 3.8) is 0 Å². The van der Waals surface area contributed by atoms with Gasteiger partial charge in [-0.2, -0.15) is 0 Å². The van der Waals surface area contributed by atoms with Crippen LogP contribution >= 0.6 is 0 Å². The monoisotopic (exact) mass is 828 g/mol. The van der Waals surface area contributed by atoms with Crippen LogP contribution in [-0.4, -0.2) is 34.9 Å². The van der Waals surface area contributed by atoms with E-state index in [0.29, 0.717) is 6.42 Å². The number of carbonyl (C=O) groups excluding carboxylic acids is 1. The quantitative estimate of drug-likeness (QED) is 0.0423. The minimum atomic E-state index is -0.834. The second kappa shape index (κ2) is 51.0. The SMILES string of the molecule is CCCCCCC/C=C\C/C=C\CCCCCCCCCCCCCCCCCCCCCCCCCCCC(=O)NC(CO)C(O)/C=C/CCCCCCCCCC. The summed E-state index contributed by atoms with van der Waals surface area (Å²) in [6.45, 7) is 4.29. The normalized spacial score (nSPS) is 13.1. The van der Waals surface area contributed by atoms with Gasteiger partial charge in [0, 0.05) is 6.42 Å². The van der Waals surface area contributed by atoms with Gasteiger partial charge in [-0.1, -0.05) is 269 Å². The molecule has 0 saturated heterocycles. The first-order valence-corrected chi connectivity index (χ1v) is 26.7. The fraction of sp³-hybridized carbons (Fsp3) is 0.873. The molecule has 2 unspecified atom stereocenters. The number of rotatable bonds is 49. The molecule has 0 saturated carbocycles. The molecule has 4 heteroatoms. The zero-order valence-electron chi connectivity index (χ0n) is 40.0. The van der Waals surface area contributed by atoms with Crippen molar-refractivity contribution in [3.8, 4) is 0 Å². The second-order valence-electron chi connectivity index (χ2n) is 18.3. The molecule has 2 atom stereocenters. The summed E-state index contributed by atoms with van der Waals surface area (Å²) in [5.41, 5.74) is 0. The zero-order chi connectivity index (χ0) is 42.8. The lowest BCUT2D eigenvalue weighted by Crippen LogP contribution is -2.45. The number of unbranched alkanes of at least 4 members (excludes halogenated alkanes) is 38. The molecule has 348 valence electrons. The maximum Gasteiger partial charge on any atom is 0.220 e. The molecule has 0 aromatic heterocycles. The van der Waals surface area contributed by atoms with Crippen LogP contribution in [0.2, 0.25) is 0 Å². The van der Waals surface area contributed by atoms with Crippen LogP contribution in [0.15, 0.2) is 36.5 Å². The number of aliphatic hydroxyl groups is 2. The van der Waals surface area contributed by atoms with Crippen LogP contribution in [0.1, 0.15) is 290 Å². The van der Waals surface area contributed by atoms with Crippen molar-refractivity contribution in [1.29, 1.82) is 0 Å². The van der Waals surface area contributed by atoms with E-state index in [1.807, 2.05) is 6.08 Å². The molecule has 0 bridgehead atoms. The third-order valence-corrected chi connectivity index (χ3v) is 12.4. The number of carbonyl (C=O) groups is 1. The molecule has 0 spiro atoms. The van der Waals surface area contributed by atoms with E-state index >= 15 is 0 Å². The van der Waals surface area contributed by atoms with Crippen LogP contribution in [0, 0.1) is 0 Å². The van der Waals surface area contributed by atoms with E-state index in [-0.39, 0.29) is 12.5 Å². The predicted molar refractivity (Wildman–Crippen MR) is 262 cm³/mol. The molecular weight excluding hydrogens is 723 g/mol. The number of nitrogens with one attached hydrogen (secondary N) is 1. The summed E-state index contributed by atoms with van der Waals surface area (Å²) in [4.78, 5) is 12.4. The topological polar surface area (TPSA) is 69.6 Å². The molecule has 3 N–H and O–H groups in total. The average Bonchev–Trinajstić information content (AvgIpc) is 3.24. The molecule has 0 aromatic rings. The number of amides is 1. The largest absolute Gasteiger partial charge is 0.394 e. The Labute approximate surface area is 370 Å². The smallest absolute Gasteiger partial charge is 0.220 e. The van der Waals surface area contributed by atoms with Gasteiger partial charge in [-0.15, -0.1) is 0 Å². The number of hydrogen-bond acceptors (Lipinski definition) is 3. The van der Waals surface area contributed by atoms with Gasteiger partial charge in [-0.3, -0.25) is 4.79 Å². The molecular formula is C55H105NO3. The molecule has 0 radical (unpaired) electrons. The Balaban J connectivity index is 3.36. The Morgan fingerprint density at radius 1 is 0.407 bits per heavy atom.